The number of carbonyl (C=O) groups is 1. The fourth-order valence-corrected chi connectivity index (χ4v) is 1.84. The molecule has 1 aromatic carbocycles. The summed E-state index contributed by atoms with van der Waals surface area (Å²) in [4.78, 5) is 21.0. The van der Waals surface area contributed by atoms with Crippen LogP contribution in [0.15, 0.2) is 18.2 Å². The number of hydrogen-bond donors (Lipinski definition) is 2. The predicted molar refractivity (Wildman–Crippen MR) is 75.7 cm³/mol. The Hall–Kier alpha value is -1.38. The summed E-state index contributed by atoms with van der Waals surface area (Å²) in [5, 5.41) is 22.5. The average Bonchev–Trinajstić information content (AvgIpc) is 2.26. The van der Waals surface area contributed by atoms with Crippen LogP contribution in [0.2, 0.25) is 0 Å². The third kappa shape index (κ3) is 3.56. The minimum atomic E-state index is -0.898. The first-order valence-electron chi connectivity index (χ1n) is 5.15. The Morgan fingerprint density at radius 1 is 1.56 bits per heavy atom. The Balaban J connectivity index is 2.81. The van der Waals surface area contributed by atoms with Crippen molar-refractivity contribution in [3.63, 3.8) is 0 Å². The molecule has 0 saturated carbocycles. The molecule has 2 N–H and O–H groups in total. The van der Waals surface area contributed by atoms with Gasteiger partial charge in [-0.05, 0) is 42.5 Å². The van der Waals surface area contributed by atoms with Gasteiger partial charge in [-0.2, -0.15) is 0 Å². The van der Waals surface area contributed by atoms with E-state index in [1.807, 2.05) is 22.6 Å². The Morgan fingerprint density at radius 2 is 2.17 bits per heavy atom. The Kier molecular flexibility index (Phi) is 4.49. The van der Waals surface area contributed by atoms with Crippen molar-refractivity contribution in [2.24, 2.45) is 5.41 Å². The summed E-state index contributed by atoms with van der Waals surface area (Å²) in [6.07, 6.45) is 0. The zero-order chi connectivity index (χ0) is 13.9. The van der Waals surface area contributed by atoms with Gasteiger partial charge in [-0.15, -0.1) is 0 Å². The summed E-state index contributed by atoms with van der Waals surface area (Å²) < 4.78 is 0.683. The summed E-state index contributed by atoms with van der Waals surface area (Å²) in [5.74, 6) is -0.896. The molecule has 18 heavy (non-hydrogen) atoms. The molecule has 0 fully saturated rings. The van der Waals surface area contributed by atoms with E-state index in [-0.39, 0.29) is 12.2 Å². The van der Waals surface area contributed by atoms with Crippen LogP contribution in [0.25, 0.3) is 0 Å². The van der Waals surface area contributed by atoms with Gasteiger partial charge < -0.3 is 10.4 Å². The molecule has 98 valence electrons. The molecule has 0 aliphatic heterocycles. The number of anilines is 1. The van der Waals surface area contributed by atoms with E-state index in [1.165, 1.54) is 12.1 Å². The number of nitrogens with one attached hydrogen (secondary N) is 1. The van der Waals surface area contributed by atoms with E-state index in [1.54, 1.807) is 19.9 Å². The van der Waals surface area contributed by atoms with Crippen LogP contribution in [-0.4, -0.2) is 22.5 Å². The zero-order valence-corrected chi connectivity index (χ0v) is 12.1. The highest BCUT2D eigenvalue weighted by atomic mass is 127. The summed E-state index contributed by atoms with van der Waals surface area (Å²) in [7, 11) is 0. The topological polar surface area (TPSA) is 92.5 Å². The Bertz CT molecular complexity index is 488. The number of nitrogens with zero attached hydrogens (tertiary/aromatic N) is 1. The van der Waals surface area contributed by atoms with Crippen molar-refractivity contribution in [1.82, 2.24) is 0 Å². The van der Waals surface area contributed by atoms with Gasteiger partial charge in [-0.1, -0.05) is 0 Å². The second kappa shape index (κ2) is 5.51. The zero-order valence-electron chi connectivity index (χ0n) is 9.94. The van der Waals surface area contributed by atoms with Crippen LogP contribution >= 0.6 is 22.6 Å². The molecule has 7 heteroatoms. The molecule has 1 aromatic rings. The molecule has 0 atom stereocenters. The van der Waals surface area contributed by atoms with E-state index < -0.39 is 16.3 Å². The molecule has 0 saturated heterocycles. The normalized spacial score (nSPS) is 11.1. The molecule has 0 amide bonds. The minimum Gasteiger partial charge on any atom is -0.481 e. The molecular weight excluding hydrogens is 351 g/mol. The Morgan fingerprint density at radius 3 is 2.61 bits per heavy atom. The summed E-state index contributed by atoms with van der Waals surface area (Å²) in [6.45, 7) is 3.47. The number of hydrogen-bond acceptors (Lipinski definition) is 4. The number of rotatable bonds is 5. The summed E-state index contributed by atoms with van der Waals surface area (Å²) in [6, 6.07) is 4.41. The molecule has 0 bridgehead atoms. The van der Waals surface area contributed by atoms with Crippen LogP contribution in [0.4, 0.5) is 11.4 Å². The highest BCUT2D eigenvalue weighted by molar-refractivity contribution is 14.1. The average molecular weight is 364 g/mol. The van der Waals surface area contributed by atoms with Gasteiger partial charge in [0.15, 0.2) is 0 Å². The molecule has 6 nitrogen and oxygen atoms in total. The van der Waals surface area contributed by atoms with Gasteiger partial charge >= 0.3 is 5.97 Å². The van der Waals surface area contributed by atoms with E-state index in [9.17, 15) is 14.9 Å². The fraction of sp³-hybridized carbons (Fsp3) is 0.364. The highest BCUT2D eigenvalue weighted by Gasteiger charge is 2.27. The first kappa shape index (κ1) is 14.7. The number of non-ortho nitro benzene ring substituents is 1. The van der Waals surface area contributed by atoms with Crippen LogP contribution < -0.4 is 5.32 Å². The third-order valence-electron chi connectivity index (χ3n) is 2.46. The molecular formula is C11H13IN2O4. The maximum atomic E-state index is 10.9. The molecule has 0 unspecified atom stereocenters. The van der Waals surface area contributed by atoms with Crippen LogP contribution in [0.3, 0.4) is 0 Å². The smallest absolute Gasteiger partial charge is 0.310 e. The highest BCUT2D eigenvalue weighted by Crippen LogP contribution is 2.25. The van der Waals surface area contributed by atoms with Gasteiger partial charge in [0.05, 0.1) is 10.3 Å². The van der Waals surface area contributed by atoms with E-state index in [0.29, 0.717) is 9.26 Å². The van der Waals surface area contributed by atoms with Gasteiger partial charge in [0.25, 0.3) is 5.69 Å². The fourth-order valence-electron chi connectivity index (χ4n) is 1.15. The quantitative estimate of drug-likeness (QED) is 0.476. The van der Waals surface area contributed by atoms with E-state index >= 15 is 0 Å². The lowest BCUT2D eigenvalue weighted by atomic mass is 9.94. The van der Waals surface area contributed by atoms with Crippen molar-refractivity contribution < 1.29 is 14.8 Å². The second-order valence-electron chi connectivity index (χ2n) is 4.46. The second-order valence-corrected chi connectivity index (χ2v) is 5.63. The molecule has 0 aromatic heterocycles. The number of carboxylic acids is 1. The first-order chi connectivity index (χ1) is 8.24. The van der Waals surface area contributed by atoms with Crippen LogP contribution in [0.5, 0.6) is 0 Å². The van der Waals surface area contributed by atoms with Gasteiger partial charge in [0.2, 0.25) is 0 Å². The number of halogens is 1. The van der Waals surface area contributed by atoms with Crippen molar-refractivity contribution in [3.05, 3.63) is 31.9 Å². The molecule has 0 heterocycles. The van der Waals surface area contributed by atoms with E-state index in [0.717, 1.165) is 0 Å². The summed E-state index contributed by atoms with van der Waals surface area (Å²) in [5.41, 5.74) is -0.192. The van der Waals surface area contributed by atoms with Crippen LogP contribution in [0, 0.1) is 19.1 Å². The van der Waals surface area contributed by atoms with Crippen molar-refractivity contribution in [2.75, 3.05) is 11.9 Å². The maximum Gasteiger partial charge on any atom is 0.310 e. The lowest BCUT2D eigenvalue weighted by molar-refractivity contribution is -0.384. The number of nitro groups is 1. The summed E-state index contributed by atoms with van der Waals surface area (Å²) >= 11 is 1.97. The van der Waals surface area contributed by atoms with Gasteiger partial charge in [0.1, 0.15) is 0 Å². The van der Waals surface area contributed by atoms with Gasteiger partial charge in [-0.25, -0.2) is 0 Å². The van der Waals surface area contributed by atoms with Crippen LogP contribution in [0.1, 0.15) is 13.8 Å². The molecule has 0 aliphatic carbocycles. The lowest BCUT2D eigenvalue weighted by Crippen LogP contribution is -2.31. The van der Waals surface area contributed by atoms with Crippen molar-refractivity contribution >= 4 is 39.9 Å². The molecule has 1 rings (SSSR count). The number of aliphatic carboxylic acids is 1. The van der Waals surface area contributed by atoms with Crippen molar-refractivity contribution in [3.8, 4) is 0 Å². The number of carboxylic acid groups (broad SMARTS) is 1. The Labute approximate surface area is 118 Å². The SMILES string of the molecule is CC(C)(CNc1ccc([N+](=O)[O-])cc1I)C(=O)O. The minimum absolute atomic E-state index is 0.0162. The van der Waals surface area contributed by atoms with Crippen LogP contribution in [-0.2, 0) is 4.79 Å². The van der Waals surface area contributed by atoms with E-state index in [2.05, 4.69) is 5.32 Å². The number of nitro benzene ring substituents is 1. The van der Waals surface area contributed by atoms with Gasteiger partial charge in [0, 0.05) is 27.9 Å². The largest absolute Gasteiger partial charge is 0.481 e. The monoisotopic (exact) mass is 364 g/mol. The van der Waals surface area contributed by atoms with Crippen molar-refractivity contribution in [2.45, 2.75) is 13.8 Å². The molecule has 0 radical (unpaired) electrons. The van der Waals surface area contributed by atoms with E-state index in [4.69, 9.17) is 5.11 Å². The van der Waals surface area contributed by atoms with Crippen molar-refractivity contribution in [1.29, 1.82) is 0 Å². The molecule has 0 spiro atoms. The maximum absolute atomic E-state index is 10.9. The van der Waals surface area contributed by atoms with Gasteiger partial charge in [-0.3, -0.25) is 14.9 Å². The first-order valence-corrected chi connectivity index (χ1v) is 6.23. The molecule has 0 aliphatic rings. The third-order valence-corrected chi connectivity index (χ3v) is 3.36. The lowest BCUT2D eigenvalue weighted by Gasteiger charge is -2.20. The number of benzene rings is 1. The predicted octanol–water partition coefficient (Wildman–Crippen LogP) is 2.72. The standard InChI is InChI=1S/C11H13IN2O4/c1-11(2,10(15)16)6-13-9-4-3-7(14(17)18)5-8(9)12/h3-5,13H,6H2,1-2H3,(H,15,16).